The molecule has 1 aromatic carbocycles. The second-order valence-corrected chi connectivity index (χ2v) is 3.68. The number of ether oxygens (including phenoxy) is 1. The summed E-state index contributed by atoms with van der Waals surface area (Å²) >= 11 is 0. The number of hydrogen-bond donors (Lipinski definition) is 0. The van der Waals surface area contributed by atoms with Crippen molar-refractivity contribution in [3.63, 3.8) is 0 Å². The normalized spacial score (nSPS) is 10.1. The summed E-state index contributed by atoms with van der Waals surface area (Å²) in [4.78, 5) is 0. The van der Waals surface area contributed by atoms with Crippen molar-refractivity contribution in [1.82, 2.24) is 0 Å². The lowest BCUT2D eigenvalue weighted by Crippen LogP contribution is -1.98. The molecule has 0 N–H and O–H groups in total. The first kappa shape index (κ1) is 12.7. The SMILES string of the molecule is CCCCCOCc1cc(C#N)ccc1F. The van der Waals surface area contributed by atoms with Crippen molar-refractivity contribution in [2.45, 2.75) is 32.8 Å². The van der Waals surface area contributed by atoms with Gasteiger partial charge in [0, 0.05) is 12.2 Å². The van der Waals surface area contributed by atoms with Crippen molar-refractivity contribution in [2.75, 3.05) is 6.61 Å². The predicted molar refractivity (Wildman–Crippen MR) is 60.3 cm³/mol. The lowest BCUT2D eigenvalue weighted by Gasteiger charge is -2.05. The van der Waals surface area contributed by atoms with Gasteiger partial charge in [0.25, 0.3) is 0 Å². The maximum absolute atomic E-state index is 13.3. The van der Waals surface area contributed by atoms with Gasteiger partial charge in [-0.3, -0.25) is 0 Å². The van der Waals surface area contributed by atoms with Crippen LogP contribution < -0.4 is 0 Å². The molecule has 0 saturated heterocycles. The summed E-state index contributed by atoms with van der Waals surface area (Å²) < 4.78 is 18.6. The minimum absolute atomic E-state index is 0.241. The molecule has 0 atom stereocenters. The molecule has 0 aliphatic rings. The van der Waals surface area contributed by atoms with Crippen LogP contribution in [0.1, 0.15) is 37.3 Å². The lowest BCUT2D eigenvalue weighted by atomic mass is 10.1. The number of rotatable bonds is 6. The smallest absolute Gasteiger partial charge is 0.128 e. The van der Waals surface area contributed by atoms with E-state index in [1.165, 1.54) is 18.2 Å². The van der Waals surface area contributed by atoms with Crippen molar-refractivity contribution in [1.29, 1.82) is 5.26 Å². The third-order valence-corrected chi connectivity index (χ3v) is 2.32. The van der Waals surface area contributed by atoms with Gasteiger partial charge >= 0.3 is 0 Å². The molecule has 86 valence electrons. The number of unbranched alkanes of at least 4 members (excludes halogenated alkanes) is 2. The zero-order chi connectivity index (χ0) is 11.8. The molecule has 0 spiro atoms. The fourth-order valence-electron chi connectivity index (χ4n) is 1.39. The van der Waals surface area contributed by atoms with E-state index in [9.17, 15) is 4.39 Å². The second-order valence-electron chi connectivity index (χ2n) is 3.68. The van der Waals surface area contributed by atoms with Gasteiger partial charge in [-0.05, 0) is 24.6 Å². The molecule has 0 aromatic heterocycles. The van der Waals surface area contributed by atoms with Crippen molar-refractivity contribution >= 4 is 0 Å². The first-order chi connectivity index (χ1) is 7.77. The Morgan fingerprint density at radius 1 is 1.38 bits per heavy atom. The van der Waals surface area contributed by atoms with Crippen LogP contribution in [0.25, 0.3) is 0 Å². The Hall–Kier alpha value is -1.40. The number of nitriles is 1. The van der Waals surface area contributed by atoms with Crippen LogP contribution in [0.2, 0.25) is 0 Å². The Morgan fingerprint density at radius 3 is 2.88 bits per heavy atom. The van der Waals surface area contributed by atoms with Crippen molar-refractivity contribution in [3.8, 4) is 6.07 Å². The second kappa shape index (κ2) is 6.97. The Balaban J connectivity index is 2.44. The Labute approximate surface area is 95.7 Å². The van der Waals surface area contributed by atoms with Gasteiger partial charge in [-0.1, -0.05) is 19.8 Å². The average Bonchev–Trinajstić information content (AvgIpc) is 2.31. The van der Waals surface area contributed by atoms with E-state index >= 15 is 0 Å². The molecule has 0 radical (unpaired) electrons. The van der Waals surface area contributed by atoms with Gasteiger partial charge in [0.15, 0.2) is 0 Å². The number of halogens is 1. The lowest BCUT2D eigenvalue weighted by molar-refractivity contribution is 0.115. The number of nitrogens with zero attached hydrogens (tertiary/aromatic N) is 1. The van der Waals surface area contributed by atoms with E-state index in [1.807, 2.05) is 6.07 Å². The Kier molecular flexibility index (Phi) is 5.52. The molecule has 0 unspecified atom stereocenters. The minimum atomic E-state index is -0.311. The molecule has 3 heteroatoms. The fraction of sp³-hybridized carbons (Fsp3) is 0.462. The zero-order valence-corrected chi connectivity index (χ0v) is 9.50. The Bertz CT molecular complexity index is 371. The molecular formula is C13H16FNO. The summed E-state index contributed by atoms with van der Waals surface area (Å²) in [6.07, 6.45) is 3.26. The topological polar surface area (TPSA) is 33.0 Å². The monoisotopic (exact) mass is 221 g/mol. The van der Waals surface area contributed by atoms with E-state index in [1.54, 1.807) is 0 Å². The van der Waals surface area contributed by atoms with Crippen molar-refractivity contribution < 1.29 is 9.13 Å². The first-order valence-corrected chi connectivity index (χ1v) is 5.54. The van der Waals surface area contributed by atoms with E-state index in [4.69, 9.17) is 10.00 Å². The van der Waals surface area contributed by atoms with E-state index < -0.39 is 0 Å². The van der Waals surface area contributed by atoms with Crippen LogP contribution in [-0.4, -0.2) is 6.61 Å². The first-order valence-electron chi connectivity index (χ1n) is 5.54. The minimum Gasteiger partial charge on any atom is -0.377 e. The standard InChI is InChI=1S/C13H16FNO/c1-2-3-4-7-16-10-12-8-11(9-15)5-6-13(12)14/h5-6,8H,2-4,7,10H2,1H3. The molecule has 0 bridgehead atoms. The highest BCUT2D eigenvalue weighted by Gasteiger charge is 2.03. The van der Waals surface area contributed by atoms with E-state index in [2.05, 4.69) is 6.92 Å². The van der Waals surface area contributed by atoms with Gasteiger partial charge in [-0.25, -0.2) is 4.39 Å². The quantitative estimate of drug-likeness (QED) is 0.690. The third kappa shape index (κ3) is 4.00. The molecule has 0 saturated carbocycles. The largest absolute Gasteiger partial charge is 0.377 e. The summed E-state index contributed by atoms with van der Waals surface area (Å²) in [6.45, 7) is 3.01. The van der Waals surface area contributed by atoms with Gasteiger partial charge in [0.2, 0.25) is 0 Å². The molecule has 2 nitrogen and oxygen atoms in total. The van der Waals surface area contributed by atoms with Crippen LogP contribution in [-0.2, 0) is 11.3 Å². The highest BCUT2D eigenvalue weighted by Crippen LogP contribution is 2.11. The van der Waals surface area contributed by atoms with Crippen LogP contribution >= 0.6 is 0 Å². The average molecular weight is 221 g/mol. The molecule has 0 aliphatic carbocycles. The van der Waals surface area contributed by atoms with Crippen LogP contribution in [0.3, 0.4) is 0 Å². The van der Waals surface area contributed by atoms with Gasteiger partial charge in [0.05, 0.1) is 18.2 Å². The molecule has 0 heterocycles. The Morgan fingerprint density at radius 2 is 2.19 bits per heavy atom. The molecule has 16 heavy (non-hydrogen) atoms. The number of benzene rings is 1. The summed E-state index contributed by atoms with van der Waals surface area (Å²) in [6, 6.07) is 6.30. The van der Waals surface area contributed by atoms with Crippen molar-refractivity contribution in [3.05, 3.63) is 35.1 Å². The summed E-state index contributed by atoms with van der Waals surface area (Å²) in [5.74, 6) is -0.311. The molecule has 1 aromatic rings. The van der Waals surface area contributed by atoms with Crippen LogP contribution in [0.15, 0.2) is 18.2 Å². The molecule has 0 fully saturated rings. The molecule has 1 rings (SSSR count). The highest BCUT2D eigenvalue weighted by atomic mass is 19.1. The van der Waals surface area contributed by atoms with Gasteiger partial charge in [-0.15, -0.1) is 0 Å². The van der Waals surface area contributed by atoms with Crippen LogP contribution in [0.4, 0.5) is 4.39 Å². The molecular weight excluding hydrogens is 205 g/mol. The van der Waals surface area contributed by atoms with Gasteiger partial charge in [-0.2, -0.15) is 5.26 Å². The molecule has 0 amide bonds. The van der Waals surface area contributed by atoms with Crippen molar-refractivity contribution in [2.24, 2.45) is 0 Å². The van der Waals surface area contributed by atoms with E-state index in [0.29, 0.717) is 17.7 Å². The zero-order valence-electron chi connectivity index (χ0n) is 9.50. The van der Waals surface area contributed by atoms with Gasteiger partial charge < -0.3 is 4.74 Å². The van der Waals surface area contributed by atoms with Gasteiger partial charge in [0.1, 0.15) is 5.82 Å². The third-order valence-electron chi connectivity index (χ3n) is 2.32. The van der Waals surface area contributed by atoms with E-state index in [-0.39, 0.29) is 12.4 Å². The number of hydrogen-bond acceptors (Lipinski definition) is 2. The van der Waals surface area contributed by atoms with Crippen LogP contribution in [0, 0.1) is 17.1 Å². The maximum atomic E-state index is 13.3. The summed E-state index contributed by atoms with van der Waals surface area (Å²) in [5, 5.41) is 8.68. The van der Waals surface area contributed by atoms with E-state index in [0.717, 1.165) is 19.3 Å². The summed E-state index contributed by atoms with van der Waals surface area (Å²) in [7, 11) is 0. The molecule has 0 aliphatic heterocycles. The van der Waals surface area contributed by atoms with Crippen LogP contribution in [0.5, 0.6) is 0 Å². The fourth-order valence-corrected chi connectivity index (χ4v) is 1.39. The predicted octanol–water partition coefficient (Wildman–Crippen LogP) is 3.40. The highest BCUT2D eigenvalue weighted by molar-refractivity contribution is 5.33. The maximum Gasteiger partial charge on any atom is 0.128 e. The summed E-state index contributed by atoms with van der Waals surface area (Å²) in [5.41, 5.74) is 0.920.